The summed E-state index contributed by atoms with van der Waals surface area (Å²) in [5.41, 5.74) is 0.633. The van der Waals surface area contributed by atoms with Gasteiger partial charge in [0.25, 0.3) is 0 Å². The average Bonchev–Trinajstić information content (AvgIpc) is 2.88. The van der Waals surface area contributed by atoms with Gasteiger partial charge in [-0.05, 0) is 37.5 Å². The van der Waals surface area contributed by atoms with E-state index in [1.807, 2.05) is 6.92 Å². The Hall–Kier alpha value is -1.23. The van der Waals surface area contributed by atoms with Crippen molar-refractivity contribution in [1.29, 1.82) is 0 Å². The standard InChI is InChI=1S/C15H13Cl2FN2O/c1-15(7-2-8-21-15)14-19-12(16)11(13(17)20-14)9-3-5-10(18)6-4-9/h3-6H,2,7-8H2,1H3. The van der Waals surface area contributed by atoms with Crippen molar-refractivity contribution in [3.63, 3.8) is 0 Å². The molecule has 0 amide bonds. The summed E-state index contributed by atoms with van der Waals surface area (Å²) in [4.78, 5) is 8.68. The van der Waals surface area contributed by atoms with Crippen LogP contribution in [0.25, 0.3) is 11.1 Å². The van der Waals surface area contributed by atoms with Crippen LogP contribution in [0.3, 0.4) is 0 Å². The van der Waals surface area contributed by atoms with Crippen LogP contribution in [0.4, 0.5) is 4.39 Å². The van der Waals surface area contributed by atoms with Gasteiger partial charge in [0.05, 0.1) is 5.56 Å². The number of nitrogens with zero attached hydrogens (tertiary/aromatic N) is 2. The molecule has 2 aromatic rings. The molecule has 0 saturated carbocycles. The van der Waals surface area contributed by atoms with Crippen LogP contribution in [0.1, 0.15) is 25.6 Å². The molecule has 110 valence electrons. The molecule has 1 aromatic heterocycles. The topological polar surface area (TPSA) is 35.0 Å². The van der Waals surface area contributed by atoms with Crippen molar-refractivity contribution < 1.29 is 9.13 Å². The summed E-state index contributed by atoms with van der Waals surface area (Å²) in [6.45, 7) is 2.61. The number of hydrogen-bond acceptors (Lipinski definition) is 3. The summed E-state index contributed by atoms with van der Waals surface area (Å²) in [7, 11) is 0. The molecule has 3 nitrogen and oxygen atoms in total. The molecule has 1 atom stereocenters. The maximum Gasteiger partial charge on any atom is 0.163 e. The number of benzene rings is 1. The Morgan fingerprint density at radius 1 is 1.14 bits per heavy atom. The van der Waals surface area contributed by atoms with Gasteiger partial charge >= 0.3 is 0 Å². The van der Waals surface area contributed by atoms with Crippen molar-refractivity contribution in [1.82, 2.24) is 9.97 Å². The lowest BCUT2D eigenvalue weighted by molar-refractivity contribution is 0.00937. The van der Waals surface area contributed by atoms with E-state index in [4.69, 9.17) is 27.9 Å². The third kappa shape index (κ3) is 2.76. The predicted octanol–water partition coefficient (Wildman–Crippen LogP) is 4.62. The zero-order valence-corrected chi connectivity index (χ0v) is 12.9. The van der Waals surface area contributed by atoms with Crippen molar-refractivity contribution in [2.45, 2.75) is 25.4 Å². The average molecular weight is 327 g/mol. The highest BCUT2D eigenvalue weighted by Crippen LogP contribution is 2.38. The molecule has 1 saturated heterocycles. The first kappa shape index (κ1) is 14.7. The summed E-state index contributed by atoms with van der Waals surface area (Å²) in [5, 5.41) is 0.488. The first-order valence-corrected chi connectivity index (χ1v) is 7.39. The molecule has 1 aliphatic heterocycles. The van der Waals surface area contributed by atoms with E-state index >= 15 is 0 Å². The van der Waals surface area contributed by atoms with Crippen LogP contribution < -0.4 is 0 Å². The second-order valence-electron chi connectivity index (χ2n) is 5.19. The molecule has 1 aromatic carbocycles. The minimum absolute atomic E-state index is 0.244. The number of aromatic nitrogens is 2. The van der Waals surface area contributed by atoms with E-state index in [2.05, 4.69) is 9.97 Å². The minimum Gasteiger partial charge on any atom is -0.367 e. The zero-order chi connectivity index (χ0) is 15.0. The number of ether oxygens (including phenoxy) is 1. The lowest BCUT2D eigenvalue weighted by atomic mass is 10.0. The van der Waals surface area contributed by atoms with Crippen LogP contribution in [0.15, 0.2) is 24.3 Å². The van der Waals surface area contributed by atoms with Gasteiger partial charge < -0.3 is 4.74 Å². The maximum absolute atomic E-state index is 13.0. The molecule has 1 unspecified atom stereocenters. The third-order valence-electron chi connectivity index (χ3n) is 3.65. The zero-order valence-electron chi connectivity index (χ0n) is 11.4. The molecular weight excluding hydrogens is 314 g/mol. The van der Waals surface area contributed by atoms with E-state index in [0.29, 0.717) is 23.6 Å². The Kier molecular flexibility index (Phi) is 3.86. The first-order chi connectivity index (χ1) is 9.99. The van der Waals surface area contributed by atoms with Crippen molar-refractivity contribution in [2.75, 3.05) is 6.61 Å². The van der Waals surface area contributed by atoms with Crippen LogP contribution in [-0.4, -0.2) is 16.6 Å². The summed E-state index contributed by atoms with van der Waals surface area (Å²) in [5.74, 6) is 0.163. The second kappa shape index (κ2) is 5.52. The third-order valence-corrected chi connectivity index (χ3v) is 4.19. The van der Waals surface area contributed by atoms with Crippen LogP contribution >= 0.6 is 23.2 Å². The Balaban J connectivity index is 2.06. The fourth-order valence-corrected chi connectivity index (χ4v) is 3.06. The molecule has 0 radical (unpaired) electrons. The maximum atomic E-state index is 13.0. The van der Waals surface area contributed by atoms with Crippen LogP contribution in [0.2, 0.25) is 10.3 Å². The van der Waals surface area contributed by atoms with Crippen molar-refractivity contribution in [3.05, 3.63) is 46.2 Å². The molecular formula is C15H13Cl2FN2O. The van der Waals surface area contributed by atoms with E-state index in [-0.39, 0.29) is 16.1 Å². The van der Waals surface area contributed by atoms with Gasteiger partial charge in [0.1, 0.15) is 21.7 Å². The van der Waals surface area contributed by atoms with Gasteiger partial charge in [0.15, 0.2) is 5.82 Å². The van der Waals surface area contributed by atoms with Crippen LogP contribution in [0.5, 0.6) is 0 Å². The van der Waals surface area contributed by atoms with Gasteiger partial charge in [-0.1, -0.05) is 35.3 Å². The molecule has 3 rings (SSSR count). The lowest BCUT2D eigenvalue weighted by Gasteiger charge is -2.22. The van der Waals surface area contributed by atoms with E-state index in [1.54, 1.807) is 12.1 Å². The van der Waals surface area contributed by atoms with Gasteiger partial charge in [-0.2, -0.15) is 0 Å². The summed E-state index contributed by atoms with van der Waals surface area (Å²) >= 11 is 12.5. The molecule has 1 aliphatic rings. The summed E-state index contributed by atoms with van der Waals surface area (Å²) in [6.07, 6.45) is 1.78. The van der Waals surface area contributed by atoms with E-state index in [9.17, 15) is 4.39 Å². The fraction of sp³-hybridized carbons (Fsp3) is 0.333. The Morgan fingerprint density at radius 3 is 2.29 bits per heavy atom. The largest absolute Gasteiger partial charge is 0.367 e. The van der Waals surface area contributed by atoms with Crippen LogP contribution in [0, 0.1) is 5.82 Å². The molecule has 0 aliphatic carbocycles. The van der Waals surface area contributed by atoms with E-state index < -0.39 is 5.60 Å². The Bertz CT molecular complexity index is 647. The highest BCUT2D eigenvalue weighted by atomic mass is 35.5. The molecule has 6 heteroatoms. The Labute approximate surface area is 132 Å². The molecule has 2 heterocycles. The highest BCUT2D eigenvalue weighted by Gasteiger charge is 2.35. The molecule has 21 heavy (non-hydrogen) atoms. The SMILES string of the molecule is CC1(c2nc(Cl)c(-c3ccc(F)cc3)c(Cl)n2)CCCO1. The Morgan fingerprint density at radius 2 is 1.76 bits per heavy atom. The predicted molar refractivity (Wildman–Crippen MR) is 80.0 cm³/mol. The van der Waals surface area contributed by atoms with Crippen molar-refractivity contribution in [3.8, 4) is 11.1 Å². The van der Waals surface area contributed by atoms with Gasteiger partial charge in [0.2, 0.25) is 0 Å². The number of hydrogen-bond donors (Lipinski definition) is 0. The lowest BCUT2D eigenvalue weighted by Crippen LogP contribution is -2.23. The van der Waals surface area contributed by atoms with Gasteiger partial charge in [0, 0.05) is 6.61 Å². The summed E-state index contributed by atoms with van der Waals surface area (Å²) in [6, 6.07) is 5.88. The normalized spacial score (nSPS) is 21.7. The molecule has 0 N–H and O–H groups in total. The molecule has 0 bridgehead atoms. The summed E-state index contributed by atoms with van der Waals surface area (Å²) < 4.78 is 18.7. The fourth-order valence-electron chi connectivity index (χ4n) is 2.45. The highest BCUT2D eigenvalue weighted by molar-refractivity contribution is 6.37. The van der Waals surface area contributed by atoms with Crippen LogP contribution in [-0.2, 0) is 10.3 Å². The van der Waals surface area contributed by atoms with E-state index in [0.717, 1.165) is 12.8 Å². The molecule has 1 fully saturated rings. The quantitative estimate of drug-likeness (QED) is 0.755. The minimum atomic E-state index is -0.547. The monoisotopic (exact) mass is 326 g/mol. The first-order valence-electron chi connectivity index (χ1n) is 6.63. The van der Waals surface area contributed by atoms with Crippen molar-refractivity contribution >= 4 is 23.2 Å². The number of halogens is 3. The van der Waals surface area contributed by atoms with Gasteiger partial charge in [-0.15, -0.1) is 0 Å². The van der Waals surface area contributed by atoms with Gasteiger partial charge in [-0.3, -0.25) is 0 Å². The van der Waals surface area contributed by atoms with E-state index in [1.165, 1.54) is 12.1 Å². The van der Waals surface area contributed by atoms with Crippen molar-refractivity contribution in [2.24, 2.45) is 0 Å². The van der Waals surface area contributed by atoms with Gasteiger partial charge in [-0.25, -0.2) is 14.4 Å². The molecule has 0 spiro atoms. The smallest absolute Gasteiger partial charge is 0.163 e. The second-order valence-corrected chi connectivity index (χ2v) is 5.91. The number of rotatable bonds is 2.